The number of hydrogen-bond acceptors (Lipinski definition) is 7. The standard InChI is InChI=1S/C22H31N7O2/c1-3-17-15-25-29-19(23-13-16-11-21(31)28(4-2)24-14-16)12-20(26-22(17)29)27-9-6-5-7-18(27)8-10-30/h11-12,14-15,18,23,30H,3-10,13H2,1-2H3/t18-/m0/s1. The first-order valence-electron chi connectivity index (χ1n) is 11.2. The van der Waals surface area contributed by atoms with Gasteiger partial charge in [-0.1, -0.05) is 6.92 Å². The summed E-state index contributed by atoms with van der Waals surface area (Å²) in [6.07, 6.45) is 8.54. The number of aryl methyl sites for hydroxylation is 2. The molecule has 0 spiro atoms. The summed E-state index contributed by atoms with van der Waals surface area (Å²) in [5, 5.41) is 21.7. The monoisotopic (exact) mass is 425 g/mol. The fourth-order valence-corrected chi connectivity index (χ4v) is 4.27. The fourth-order valence-electron chi connectivity index (χ4n) is 4.27. The van der Waals surface area contributed by atoms with Gasteiger partial charge in [0.15, 0.2) is 5.65 Å². The highest BCUT2D eigenvalue weighted by atomic mass is 16.3. The Balaban J connectivity index is 1.67. The summed E-state index contributed by atoms with van der Waals surface area (Å²) < 4.78 is 3.26. The van der Waals surface area contributed by atoms with Gasteiger partial charge in [-0.3, -0.25) is 4.79 Å². The van der Waals surface area contributed by atoms with E-state index in [1.54, 1.807) is 12.3 Å². The summed E-state index contributed by atoms with van der Waals surface area (Å²) in [5.41, 5.74) is 2.65. The van der Waals surface area contributed by atoms with Gasteiger partial charge in [0.2, 0.25) is 0 Å². The van der Waals surface area contributed by atoms with E-state index < -0.39 is 0 Å². The molecule has 0 unspecified atom stereocenters. The van der Waals surface area contributed by atoms with Crippen molar-refractivity contribution in [1.82, 2.24) is 24.4 Å². The van der Waals surface area contributed by atoms with Gasteiger partial charge in [-0.2, -0.15) is 14.7 Å². The van der Waals surface area contributed by atoms with Crippen LogP contribution >= 0.6 is 0 Å². The van der Waals surface area contributed by atoms with E-state index in [1.165, 1.54) is 11.1 Å². The Labute approximate surface area is 181 Å². The lowest BCUT2D eigenvalue weighted by atomic mass is 9.99. The quantitative estimate of drug-likeness (QED) is 0.571. The minimum absolute atomic E-state index is 0.102. The number of nitrogens with one attached hydrogen (secondary N) is 1. The van der Waals surface area contributed by atoms with Gasteiger partial charge in [0.1, 0.15) is 11.6 Å². The summed E-state index contributed by atoms with van der Waals surface area (Å²) in [6.45, 7) is 6.13. The highest BCUT2D eigenvalue weighted by Crippen LogP contribution is 2.28. The number of aliphatic hydroxyl groups excluding tert-OH is 1. The van der Waals surface area contributed by atoms with E-state index in [4.69, 9.17) is 4.98 Å². The zero-order valence-electron chi connectivity index (χ0n) is 18.3. The zero-order valence-corrected chi connectivity index (χ0v) is 18.3. The molecule has 1 fully saturated rings. The third-order valence-electron chi connectivity index (χ3n) is 6.00. The highest BCUT2D eigenvalue weighted by molar-refractivity contribution is 5.61. The normalized spacial score (nSPS) is 16.7. The number of aromatic nitrogens is 5. The maximum absolute atomic E-state index is 12.1. The Morgan fingerprint density at radius 1 is 1.19 bits per heavy atom. The molecule has 1 atom stereocenters. The van der Waals surface area contributed by atoms with Gasteiger partial charge in [0.25, 0.3) is 5.56 Å². The Morgan fingerprint density at radius 2 is 2.06 bits per heavy atom. The van der Waals surface area contributed by atoms with Crippen LogP contribution in [0, 0.1) is 0 Å². The smallest absolute Gasteiger partial charge is 0.267 e. The lowest BCUT2D eigenvalue weighted by molar-refractivity contribution is 0.262. The van der Waals surface area contributed by atoms with Gasteiger partial charge < -0.3 is 15.3 Å². The van der Waals surface area contributed by atoms with E-state index in [2.05, 4.69) is 27.3 Å². The molecule has 0 bridgehead atoms. The van der Waals surface area contributed by atoms with E-state index in [9.17, 15) is 9.90 Å². The number of fused-ring (bicyclic) bond motifs is 1. The topological polar surface area (TPSA) is 101 Å². The van der Waals surface area contributed by atoms with E-state index >= 15 is 0 Å². The minimum atomic E-state index is -0.102. The molecule has 3 aromatic heterocycles. The molecule has 4 rings (SSSR count). The Morgan fingerprint density at radius 3 is 2.81 bits per heavy atom. The van der Waals surface area contributed by atoms with Crippen molar-refractivity contribution < 1.29 is 5.11 Å². The van der Waals surface area contributed by atoms with Crippen LogP contribution in [-0.2, 0) is 19.5 Å². The molecular formula is C22H31N7O2. The summed E-state index contributed by atoms with van der Waals surface area (Å²) in [5.74, 6) is 1.73. The van der Waals surface area contributed by atoms with Crippen LogP contribution in [0.3, 0.4) is 0 Å². The second-order valence-electron chi connectivity index (χ2n) is 7.99. The Hall–Kier alpha value is -2.94. The summed E-state index contributed by atoms with van der Waals surface area (Å²) >= 11 is 0. The third-order valence-corrected chi connectivity index (χ3v) is 6.00. The molecule has 1 aliphatic heterocycles. The van der Waals surface area contributed by atoms with Crippen LogP contribution in [0.25, 0.3) is 5.65 Å². The molecule has 1 saturated heterocycles. The van der Waals surface area contributed by atoms with Gasteiger partial charge in [0.05, 0.1) is 12.4 Å². The van der Waals surface area contributed by atoms with Crippen molar-refractivity contribution in [2.24, 2.45) is 0 Å². The number of rotatable bonds is 8. The molecule has 166 valence electrons. The predicted molar refractivity (Wildman–Crippen MR) is 121 cm³/mol. The summed E-state index contributed by atoms with van der Waals surface area (Å²) in [6, 6.07) is 3.93. The number of piperidine rings is 1. The minimum Gasteiger partial charge on any atom is -0.396 e. The number of anilines is 2. The first-order chi connectivity index (χ1) is 15.1. The van der Waals surface area contributed by atoms with Gasteiger partial charge in [-0.15, -0.1) is 0 Å². The van der Waals surface area contributed by atoms with Crippen molar-refractivity contribution in [2.45, 2.75) is 65.1 Å². The largest absolute Gasteiger partial charge is 0.396 e. The van der Waals surface area contributed by atoms with Crippen molar-refractivity contribution in [3.63, 3.8) is 0 Å². The predicted octanol–water partition coefficient (Wildman–Crippen LogP) is 2.22. The van der Waals surface area contributed by atoms with Crippen LogP contribution in [0.5, 0.6) is 0 Å². The maximum atomic E-state index is 12.1. The number of nitrogens with zero attached hydrogens (tertiary/aromatic N) is 6. The van der Waals surface area contributed by atoms with E-state index in [-0.39, 0.29) is 12.2 Å². The van der Waals surface area contributed by atoms with Gasteiger partial charge in [-0.05, 0) is 44.6 Å². The SMILES string of the molecule is CCc1cnn2c(NCc3cnn(CC)c(=O)c3)cc(N3CCCC[C@H]3CCO)nc12. The van der Waals surface area contributed by atoms with Crippen LogP contribution in [0.2, 0.25) is 0 Å². The van der Waals surface area contributed by atoms with E-state index in [1.807, 2.05) is 23.7 Å². The van der Waals surface area contributed by atoms with Crippen molar-refractivity contribution in [3.8, 4) is 0 Å². The lowest BCUT2D eigenvalue weighted by Crippen LogP contribution is -2.40. The summed E-state index contributed by atoms with van der Waals surface area (Å²) in [4.78, 5) is 19.4. The molecule has 9 nitrogen and oxygen atoms in total. The molecule has 9 heteroatoms. The molecule has 0 radical (unpaired) electrons. The first-order valence-corrected chi connectivity index (χ1v) is 11.2. The zero-order chi connectivity index (χ0) is 21.8. The van der Waals surface area contributed by atoms with E-state index in [0.29, 0.717) is 19.1 Å². The maximum Gasteiger partial charge on any atom is 0.267 e. The second kappa shape index (κ2) is 9.47. The number of hydrogen-bond donors (Lipinski definition) is 2. The molecule has 0 aliphatic carbocycles. The molecule has 3 aromatic rings. The average molecular weight is 426 g/mol. The molecule has 0 amide bonds. The molecule has 0 aromatic carbocycles. The van der Waals surface area contributed by atoms with Crippen LogP contribution in [-0.4, -0.2) is 48.7 Å². The third kappa shape index (κ3) is 4.41. The Kier molecular flexibility index (Phi) is 6.50. The van der Waals surface area contributed by atoms with Crippen LogP contribution < -0.4 is 15.8 Å². The van der Waals surface area contributed by atoms with Crippen molar-refractivity contribution in [2.75, 3.05) is 23.4 Å². The van der Waals surface area contributed by atoms with Crippen LogP contribution in [0.4, 0.5) is 11.6 Å². The van der Waals surface area contributed by atoms with Gasteiger partial charge in [0, 0.05) is 50.0 Å². The van der Waals surface area contributed by atoms with Gasteiger partial charge >= 0.3 is 0 Å². The van der Waals surface area contributed by atoms with Crippen molar-refractivity contribution in [1.29, 1.82) is 0 Å². The lowest BCUT2D eigenvalue weighted by Gasteiger charge is -2.36. The van der Waals surface area contributed by atoms with E-state index in [0.717, 1.165) is 60.6 Å². The molecule has 2 N–H and O–H groups in total. The molecule has 0 saturated carbocycles. The molecule has 4 heterocycles. The fraction of sp³-hybridized carbons (Fsp3) is 0.545. The van der Waals surface area contributed by atoms with Gasteiger partial charge in [-0.25, -0.2) is 9.67 Å². The highest BCUT2D eigenvalue weighted by Gasteiger charge is 2.24. The molecule has 31 heavy (non-hydrogen) atoms. The Bertz CT molecular complexity index is 1090. The molecular weight excluding hydrogens is 394 g/mol. The summed E-state index contributed by atoms with van der Waals surface area (Å²) in [7, 11) is 0. The second-order valence-corrected chi connectivity index (χ2v) is 7.99. The number of aliphatic hydroxyl groups is 1. The van der Waals surface area contributed by atoms with Crippen molar-refractivity contribution in [3.05, 3.63) is 46.0 Å². The van der Waals surface area contributed by atoms with Crippen LogP contribution in [0.1, 0.15) is 50.7 Å². The van der Waals surface area contributed by atoms with Crippen LogP contribution in [0.15, 0.2) is 29.3 Å². The first kappa shape index (κ1) is 21.3. The van der Waals surface area contributed by atoms with Crippen molar-refractivity contribution >= 4 is 17.3 Å². The average Bonchev–Trinajstić information content (AvgIpc) is 3.21. The molecule has 1 aliphatic rings.